The Hall–Kier alpha value is -5.34. The Labute approximate surface area is 238 Å². The molecule has 0 aliphatic carbocycles. The molecule has 0 atom stereocenters. The van der Waals surface area contributed by atoms with Crippen LogP contribution in [0.15, 0.2) is 152 Å². The Kier molecular flexibility index (Phi) is 4.57. The Morgan fingerprint density at radius 2 is 0.805 bits per heavy atom. The molecule has 1 spiro atoms. The van der Waals surface area contributed by atoms with E-state index in [2.05, 4.69) is 157 Å². The van der Waals surface area contributed by atoms with E-state index in [4.69, 9.17) is 4.74 Å². The Morgan fingerprint density at radius 3 is 1.32 bits per heavy atom. The zero-order valence-corrected chi connectivity index (χ0v) is 22.3. The summed E-state index contributed by atoms with van der Waals surface area (Å²) in [6, 6.07) is 54.9. The minimum Gasteiger partial charge on any atom is -0.457 e. The topological polar surface area (TPSA) is 12.5 Å². The van der Waals surface area contributed by atoms with Crippen molar-refractivity contribution in [2.75, 3.05) is 4.90 Å². The molecule has 0 N–H and O–H groups in total. The van der Waals surface area contributed by atoms with E-state index in [9.17, 15) is 0 Å². The molecule has 2 nitrogen and oxygen atoms in total. The van der Waals surface area contributed by atoms with Crippen LogP contribution >= 0.6 is 0 Å². The normalized spacial score (nSPS) is 14.2. The third kappa shape index (κ3) is 3.02. The highest BCUT2D eigenvalue weighted by molar-refractivity contribution is 6.01. The molecular formula is C39H25NO. The molecule has 7 aromatic rings. The maximum absolute atomic E-state index is 6.61. The van der Waals surface area contributed by atoms with Gasteiger partial charge in [-0.25, -0.2) is 0 Å². The predicted octanol–water partition coefficient (Wildman–Crippen LogP) is 10.3. The van der Waals surface area contributed by atoms with Crippen LogP contribution in [0.3, 0.4) is 0 Å². The molecule has 2 aliphatic heterocycles. The van der Waals surface area contributed by atoms with Crippen molar-refractivity contribution in [2.24, 2.45) is 0 Å². The maximum atomic E-state index is 6.61. The number of benzene rings is 7. The van der Waals surface area contributed by atoms with Crippen molar-refractivity contribution in [3.63, 3.8) is 0 Å². The van der Waals surface area contributed by atoms with E-state index in [1.165, 1.54) is 55.2 Å². The van der Waals surface area contributed by atoms with E-state index in [1.807, 2.05) is 0 Å². The SMILES string of the molecule is c1ccc(N2c3cc4ccccc4cc3C3(c4ccccc4Oc4ccccc43)c3cc4ccccc4cc32)cc1. The maximum Gasteiger partial charge on any atom is 0.132 e. The van der Waals surface area contributed by atoms with E-state index < -0.39 is 5.41 Å². The molecule has 7 aromatic carbocycles. The van der Waals surface area contributed by atoms with Gasteiger partial charge in [0, 0.05) is 16.8 Å². The minimum atomic E-state index is -0.574. The average molecular weight is 524 g/mol. The number of hydrogen-bond acceptors (Lipinski definition) is 2. The predicted molar refractivity (Wildman–Crippen MR) is 168 cm³/mol. The summed E-state index contributed by atoms with van der Waals surface area (Å²) >= 11 is 0. The molecule has 2 aliphatic rings. The number of hydrogen-bond donors (Lipinski definition) is 0. The monoisotopic (exact) mass is 523 g/mol. The second-order valence-electron chi connectivity index (χ2n) is 10.9. The molecule has 192 valence electrons. The van der Waals surface area contributed by atoms with Gasteiger partial charge in [-0.15, -0.1) is 0 Å². The van der Waals surface area contributed by atoms with Gasteiger partial charge in [0.15, 0.2) is 0 Å². The number of anilines is 3. The molecule has 0 saturated heterocycles. The minimum absolute atomic E-state index is 0.574. The molecule has 0 aromatic heterocycles. The van der Waals surface area contributed by atoms with Crippen LogP contribution in [-0.4, -0.2) is 0 Å². The van der Waals surface area contributed by atoms with Crippen LogP contribution in [0.5, 0.6) is 11.5 Å². The van der Waals surface area contributed by atoms with E-state index in [-0.39, 0.29) is 0 Å². The Bertz CT molecular complexity index is 2010. The highest BCUT2D eigenvalue weighted by Gasteiger charge is 2.51. The van der Waals surface area contributed by atoms with Gasteiger partial charge in [0.25, 0.3) is 0 Å². The second-order valence-corrected chi connectivity index (χ2v) is 10.9. The van der Waals surface area contributed by atoms with Gasteiger partial charge in [-0.05, 0) is 81.2 Å². The number of rotatable bonds is 1. The first kappa shape index (κ1) is 22.5. The van der Waals surface area contributed by atoms with E-state index in [0.717, 1.165) is 17.2 Å². The summed E-state index contributed by atoms with van der Waals surface area (Å²) in [5.41, 5.74) is 7.78. The summed E-state index contributed by atoms with van der Waals surface area (Å²) in [5, 5.41) is 4.90. The first-order chi connectivity index (χ1) is 20.3. The van der Waals surface area contributed by atoms with Crippen molar-refractivity contribution >= 4 is 38.6 Å². The fraction of sp³-hybridized carbons (Fsp3) is 0.0256. The molecule has 2 heterocycles. The highest BCUT2D eigenvalue weighted by atomic mass is 16.5. The zero-order valence-electron chi connectivity index (χ0n) is 22.3. The number of para-hydroxylation sites is 3. The summed E-state index contributed by atoms with van der Waals surface area (Å²) in [6.07, 6.45) is 0. The number of fused-ring (bicyclic) bond motifs is 10. The van der Waals surface area contributed by atoms with Gasteiger partial charge < -0.3 is 9.64 Å². The number of ether oxygens (including phenoxy) is 1. The van der Waals surface area contributed by atoms with E-state index >= 15 is 0 Å². The zero-order chi connectivity index (χ0) is 27.0. The van der Waals surface area contributed by atoms with Gasteiger partial charge in [-0.3, -0.25) is 0 Å². The summed E-state index contributed by atoms with van der Waals surface area (Å²) < 4.78 is 6.61. The highest BCUT2D eigenvalue weighted by Crippen LogP contribution is 2.63. The van der Waals surface area contributed by atoms with Crippen LogP contribution in [0, 0.1) is 0 Å². The van der Waals surface area contributed by atoms with Gasteiger partial charge in [0.2, 0.25) is 0 Å². The molecule has 0 bridgehead atoms. The van der Waals surface area contributed by atoms with E-state index in [1.54, 1.807) is 0 Å². The fourth-order valence-electron chi connectivity index (χ4n) is 7.13. The lowest BCUT2D eigenvalue weighted by molar-refractivity contribution is 0.434. The third-order valence-corrected chi connectivity index (χ3v) is 8.83. The molecule has 0 radical (unpaired) electrons. The summed E-state index contributed by atoms with van der Waals surface area (Å²) in [6.45, 7) is 0. The third-order valence-electron chi connectivity index (χ3n) is 8.83. The van der Waals surface area contributed by atoms with Crippen LogP contribution in [0.1, 0.15) is 22.3 Å². The molecule has 2 heteroatoms. The second kappa shape index (κ2) is 8.33. The van der Waals surface area contributed by atoms with Gasteiger partial charge >= 0.3 is 0 Å². The molecule has 41 heavy (non-hydrogen) atoms. The van der Waals surface area contributed by atoms with Gasteiger partial charge in [0.05, 0.1) is 16.8 Å². The first-order valence-corrected chi connectivity index (χ1v) is 14.1. The van der Waals surface area contributed by atoms with Crippen molar-refractivity contribution < 1.29 is 4.74 Å². The lowest BCUT2D eigenvalue weighted by Gasteiger charge is -2.49. The van der Waals surface area contributed by atoms with Crippen LogP contribution in [0.25, 0.3) is 21.5 Å². The fourth-order valence-corrected chi connectivity index (χ4v) is 7.13. The summed E-state index contributed by atoms with van der Waals surface area (Å²) in [4.78, 5) is 2.45. The molecule has 0 unspecified atom stereocenters. The lowest BCUT2D eigenvalue weighted by atomic mass is 9.60. The van der Waals surface area contributed by atoms with Gasteiger partial charge in [-0.1, -0.05) is 103 Å². The largest absolute Gasteiger partial charge is 0.457 e. The van der Waals surface area contributed by atoms with Crippen LogP contribution < -0.4 is 9.64 Å². The average Bonchev–Trinajstić information content (AvgIpc) is 3.03. The van der Waals surface area contributed by atoms with Crippen LogP contribution in [0.4, 0.5) is 17.1 Å². The van der Waals surface area contributed by atoms with Crippen molar-refractivity contribution in [1.82, 2.24) is 0 Å². The summed E-state index contributed by atoms with van der Waals surface area (Å²) in [5.74, 6) is 1.80. The molecule has 0 saturated carbocycles. The molecule has 0 fully saturated rings. The van der Waals surface area contributed by atoms with Gasteiger partial charge in [0.1, 0.15) is 11.5 Å². The summed E-state index contributed by atoms with van der Waals surface area (Å²) in [7, 11) is 0. The Balaban J connectivity index is 1.54. The quantitative estimate of drug-likeness (QED) is 0.212. The Morgan fingerprint density at radius 1 is 0.390 bits per heavy atom. The van der Waals surface area contributed by atoms with Crippen LogP contribution in [-0.2, 0) is 5.41 Å². The smallest absolute Gasteiger partial charge is 0.132 e. The lowest BCUT2D eigenvalue weighted by Crippen LogP contribution is -2.39. The molecule has 9 rings (SSSR count). The van der Waals surface area contributed by atoms with Crippen molar-refractivity contribution in [3.05, 3.63) is 174 Å². The number of nitrogens with zero attached hydrogens (tertiary/aromatic N) is 1. The van der Waals surface area contributed by atoms with Crippen molar-refractivity contribution in [1.29, 1.82) is 0 Å². The molecular weight excluding hydrogens is 498 g/mol. The van der Waals surface area contributed by atoms with Gasteiger partial charge in [-0.2, -0.15) is 0 Å². The van der Waals surface area contributed by atoms with Crippen molar-refractivity contribution in [2.45, 2.75) is 5.41 Å². The standard InChI is InChI=1S/C39H25NO/c1-2-16-30(17-3-1)40-35-24-28-14-6-4-12-26(28)22-33(35)39(34-23-27-13-5-7-15-29(27)25-36(34)40)31-18-8-10-20-37(31)41-38-21-11-9-19-32(38)39/h1-25H. The van der Waals surface area contributed by atoms with E-state index in [0.29, 0.717) is 0 Å². The van der Waals surface area contributed by atoms with Crippen LogP contribution in [0.2, 0.25) is 0 Å². The first-order valence-electron chi connectivity index (χ1n) is 14.1. The van der Waals surface area contributed by atoms with Crippen molar-refractivity contribution in [3.8, 4) is 11.5 Å². The molecule has 0 amide bonds.